The quantitative estimate of drug-likeness (QED) is 0.230. The maximum absolute atomic E-state index is 13.7. The number of para-hydroxylation sites is 1. The SMILES string of the molecule is CCCC(NC(=O)[C@@H](Cc1c(Br)[nH]c2ccccc12)NC(=O)C(CC(C)C)NC(=O)N1[C@H](C)CCC[C@@H]1C)C(=O)O. The van der Waals surface area contributed by atoms with Crippen LogP contribution in [0.3, 0.4) is 0 Å². The van der Waals surface area contributed by atoms with E-state index in [1.54, 1.807) is 4.90 Å². The molecular weight excluding hydrogens is 590 g/mol. The normalized spacial score (nSPS) is 19.4. The molecule has 0 saturated carbocycles. The number of hydrogen-bond acceptors (Lipinski definition) is 4. The summed E-state index contributed by atoms with van der Waals surface area (Å²) in [7, 11) is 0. The summed E-state index contributed by atoms with van der Waals surface area (Å²) < 4.78 is 0.675. The summed E-state index contributed by atoms with van der Waals surface area (Å²) in [5.74, 6) is -2.11. The van der Waals surface area contributed by atoms with E-state index in [2.05, 4.69) is 36.9 Å². The predicted molar refractivity (Wildman–Crippen MR) is 162 cm³/mol. The van der Waals surface area contributed by atoms with Gasteiger partial charge in [-0.3, -0.25) is 9.59 Å². The number of likely N-dealkylation sites (tertiary alicyclic amines) is 1. The molecule has 1 fully saturated rings. The molecule has 5 N–H and O–H groups in total. The molecule has 0 bridgehead atoms. The average molecular weight is 635 g/mol. The summed E-state index contributed by atoms with van der Waals surface area (Å²) in [5, 5.41) is 18.9. The molecule has 0 aliphatic carbocycles. The van der Waals surface area contributed by atoms with Gasteiger partial charge in [-0.05, 0) is 79.4 Å². The van der Waals surface area contributed by atoms with Crippen molar-refractivity contribution in [1.82, 2.24) is 25.8 Å². The van der Waals surface area contributed by atoms with Crippen molar-refractivity contribution < 1.29 is 24.3 Å². The number of fused-ring (bicyclic) bond motifs is 1. The van der Waals surface area contributed by atoms with Crippen molar-refractivity contribution in [1.29, 1.82) is 0 Å². The predicted octanol–water partition coefficient (Wildman–Crippen LogP) is 4.71. The van der Waals surface area contributed by atoms with Gasteiger partial charge in [0.2, 0.25) is 11.8 Å². The van der Waals surface area contributed by atoms with Crippen LogP contribution in [0.4, 0.5) is 4.79 Å². The minimum atomic E-state index is -1.13. The monoisotopic (exact) mass is 633 g/mol. The molecule has 1 saturated heterocycles. The minimum absolute atomic E-state index is 0.0609. The summed E-state index contributed by atoms with van der Waals surface area (Å²) in [4.78, 5) is 57.5. The number of nitrogens with zero attached hydrogens (tertiary/aromatic N) is 1. The molecule has 41 heavy (non-hydrogen) atoms. The van der Waals surface area contributed by atoms with E-state index in [9.17, 15) is 24.3 Å². The second kappa shape index (κ2) is 14.7. The van der Waals surface area contributed by atoms with Gasteiger partial charge in [0.05, 0.1) is 4.60 Å². The van der Waals surface area contributed by atoms with Gasteiger partial charge in [-0.2, -0.15) is 0 Å². The van der Waals surface area contributed by atoms with Gasteiger partial charge >= 0.3 is 12.0 Å². The number of aliphatic carboxylic acids is 1. The van der Waals surface area contributed by atoms with Crippen molar-refractivity contribution >= 4 is 50.6 Å². The van der Waals surface area contributed by atoms with E-state index in [1.807, 2.05) is 58.9 Å². The lowest BCUT2D eigenvalue weighted by Gasteiger charge is -2.39. The van der Waals surface area contributed by atoms with Crippen molar-refractivity contribution in [2.75, 3.05) is 0 Å². The van der Waals surface area contributed by atoms with Gasteiger partial charge in [-0.15, -0.1) is 0 Å². The van der Waals surface area contributed by atoms with E-state index in [4.69, 9.17) is 0 Å². The molecule has 1 aliphatic heterocycles. The molecule has 226 valence electrons. The van der Waals surface area contributed by atoms with E-state index in [0.717, 1.165) is 35.7 Å². The molecule has 11 heteroatoms. The number of hydrogen-bond donors (Lipinski definition) is 5. The molecule has 3 rings (SSSR count). The molecule has 10 nitrogen and oxygen atoms in total. The fourth-order valence-electron chi connectivity index (χ4n) is 5.62. The molecule has 2 heterocycles. The van der Waals surface area contributed by atoms with Crippen LogP contribution in [0.5, 0.6) is 0 Å². The maximum atomic E-state index is 13.7. The van der Waals surface area contributed by atoms with Crippen LogP contribution in [-0.4, -0.2) is 69.0 Å². The summed E-state index contributed by atoms with van der Waals surface area (Å²) in [6.07, 6.45) is 4.19. The van der Waals surface area contributed by atoms with Crippen LogP contribution in [0.15, 0.2) is 28.9 Å². The summed E-state index contributed by atoms with van der Waals surface area (Å²) in [5.41, 5.74) is 1.65. The first-order valence-corrected chi connectivity index (χ1v) is 15.4. The number of H-pyrrole nitrogens is 1. The highest BCUT2D eigenvalue weighted by Crippen LogP contribution is 2.28. The number of aromatic nitrogens is 1. The highest BCUT2D eigenvalue weighted by atomic mass is 79.9. The molecule has 4 amide bonds. The zero-order valence-corrected chi connectivity index (χ0v) is 26.2. The molecule has 1 aromatic carbocycles. The van der Waals surface area contributed by atoms with E-state index >= 15 is 0 Å². The Kier molecular flexibility index (Phi) is 11.6. The zero-order chi connectivity index (χ0) is 30.3. The first-order valence-electron chi connectivity index (χ1n) is 14.6. The molecule has 0 radical (unpaired) electrons. The highest BCUT2D eigenvalue weighted by Gasteiger charge is 2.34. The molecule has 2 aromatic rings. The number of urea groups is 1. The van der Waals surface area contributed by atoms with Crippen LogP contribution in [0.1, 0.15) is 78.7 Å². The third-order valence-electron chi connectivity index (χ3n) is 7.74. The lowest BCUT2D eigenvalue weighted by Crippen LogP contribution is -2.59. The van der Waals surface area contributed by atoms with Gasteiger partial charge in [0.15, 0.2) is 0 Å². The second-order valence-corrected chi connectivity index (χ2v) is 12.4. The van der Waals surface area contributed by atoms with Gasteiger partial charge in [-0.1, -0.05) is 45.4 Å². The first-order chi connectivity index (χ1) is 19.4. The number of halogens is 1. The molecular formula is C30H44BrN5O5. The van der Waals surface area contributed by atoms with Crippen LogP contribution in [0.2, 0.25) is 0 Å². The number of carbonyl (C=O) groups excluding carboxylic acids is 3. The van der Waals surface area contributed by atoms with Gasteiger partial charge in [-0.25, -0.2) is 9.59 Å². The van der Waals surface area contributed by atoms with E-state index in [1.165, 1.54) is 0 Å². The number of carboxylic acids is 1. The number of piperidine rings is 1. The molecule has 2 unspecified atom stereocenters. The third-order valence-corrected chi connectivity index (χ3v) is 8.42. The van der Waals surface area contributed by atoms with Crippen molar-refractivity contribution in [2.24, 2.45) is 5.92 Å². The van der Waals surface area contributed by atoms with E-state index < -0.39 is 35.9 Å². The minimum Gasteiger partial charge on any atom is -0.480 e. The summed E-state index contributed by atoms with van der Waals surface area (Å²) in [6.45, 7) is 9.80. The van der Waals surface area contributed by atoms with Crippen molar-refractivity contribution in [3.8, 4) is 0 Å². The number of rotatable bonds is 12. The van der Waals surface area contributed by atoms with Gasteiger partial charge < -0.3 is 30.9 Å². The Bertz CT molecular complexity index is 1220. The second-order valence-electron chi connectivity index (χ2n) is 11.6. The van der Waals surface area contributed by atoms with Crippen molar-refractivity contribution in [2.45, 2.75) is 110 Å². The maximum Gasteiger partial charge on any atom is 0.326 e. The number of benzene rings is 1. The van der Waals surface area contributed by atoms with Gasteiger partial charge in [0.1, 0.15) is 18.1 Å². The van der Waals surface area contributed by atoms with Gasteiger partial charge in [0.25, 0.3) is 0 Å². The molecule has 1 aromatic heterocycles. The van der Waals surface area contributed by atoms with Crippen molar-refractivity contribution in [3.63, 3.8) is 0 Å². The average Bonchev–Trinajstić information content (AvgIpc) is 3.21. The van der Waals surface area contributed by atoms with E-state index in [-0.39, 0.29) is 36.9 Å². The van der Waals surface area contributed by atoms with Crippen LogP contribution in [0.25, 0.3) is 10.9 Å². The van der Waals surface area contributed by atoms with Crippen LogP contribution < -0.4 is 16.0 Å². The lowest BCUT2D eigenvalue weighted by atomic mass is 9.97. The smallest absolute Gasteiger partial charge is 0.326 e. The van der Waals surface area contributed by atoms with Crippen LogP contribution in [-0.2, 0) is 20.8 Å². The Labute approximate surface area is 250 Å². The number of nitrogens with one attached hydrogen (secondary N) is 4. The highest BCUT2D eigenvalue weighted by molar-refractivity contribution is 9.10. The largest absolute Gasteiger partial charge is 0.480 e. The zero-order valence-electron chi connectivity index (χ0n) is 24.6. The topological polar surface area (TPSA) is 144 Å². The first kappa shape index (κ1) is 32.4. The Hall–Kier alpha value is -3.08. The van der Waals surface area contributed by atoms with E-state index in [0.29, 0.717) is 17.4 Å². The number of aromatic amines is 1. The number of amides is 4. The van der Waals surface area contributed by atoms with Crippen molar-refractivity contribution in [3.05, 3.63) is 34.4 Å². The fourth-order valence-corrected chi connectivity index (χ4v) is 6.21. The molecule has 0 spiro atoms. The number of carbonyl (C=O) groups is 4. The van der Waals surface area contributed by atoms with Crippen LogP contribution >= 0.6 is 15.9 Å². The fraction of sp³-hybridized carbons (Fsp3) is 0.600. The van der Waals surface area contributed by atoms with Crippen LogP contribution in [0, 0.1) is 5.92 Å². The third kappa shape index (κ3) is 8.47. The molecule has 5 atom stereocenters. The number of carboxylic acid groups (broad SMARTS) is 1. The Balaban J connectivity index is 1.88. The summed E-state index contributed by atoms with van der Waals surface area (Å²) in [6, 6.07) is 4.43. The standard InChI is InChI=1S/C30H44BrN5O5/c1-6-10-23(29(39)40)33-28(38)25(16-21-20-13-7-8-14-22(20)32-26(21)31)34-27(37)24(15-17(2)3)35-30(41)36-18(4)11-9-12-19(36)5/h7-8,13-14,17-19,23-25,32H,6,9-12,15-16H2,1-5H3,(H,33,38)(H,34,37)(H,35,41)(H,39,40)/t18-,19+,23?,24?,25-/m1/s1. The Morgan fingerprint density at radius 3 is 2.22 bits per heavy atom. The Morgan fingerprint density at radius 1 is 1.00 bits per heavy atom. The Morgan fingerprint density at radius 2 is 1.61 bits per heavy atom. The summed E-state index contributed by atoms with van der Waals surface area (Å²) >= 11 is 3.55. The molecule has 1 aliphatic rings. The van der Waals surface area contributed by atoms with Gasteiger partial charge in [0, 0.05) is 29.4 Å². The lowest BCUT2D eigenvalue weighted by molar-refractivity contribution is -0.142.